The zero-order valence-electron chi connectivity index (χ0n) is 19.8. The number of ether oxygens (including phenoxy) is 1. The van der Waals surface area contributed by atoms with Crippen LogP contribution in [0.15, 0.2) is 48.6 Å². The van der Waals surface area contributed by atoms with Crippen LogP contribution in [0.1, 0.15) is 43.7 Å². The van der Waals surface area contributed by atoms with Crippen LogP contribution >= 0.6 is 23.2 Å². The molecular weight excluding hydrogens is 509 g/mol. The zero-order valence-corrected chi connectivity index (χ0v) is 21.3. The molecule has 1 fully saturated rings. The normalized spacial score (nSPS) is 28.1. The second kappa shape index (κ2) is 10.1. The van der Waals surface area contributed by atoms with Gasteiger partial charge in [0.1, 0.15) is 23.1 Å². The van der Waals surface area contributed by atoms with Gasteiger partial charge in [0.15, 0.2) is 0 Å². The molecule has 2 aromatic rings. The molecule has 0 aromatic heterocycles. The molecule has 0 radical (unpaired) electrons. The number of carbonyl (C=O) groups is 1. The lowest BCUT2D eigenvalue weighted by Gasteiger charge is -2.41. The Morgan fingerprint density at radius 3 is 2.64 bits per heavy atom. The van der Waals surface area contributed by atoms with Crippen molar-refractivity contribution in [3.05, 3.63) is 81.4 Å². The van der Waals surface area contributed by atoms with Gasteiger partial charge in [0, 0.05) is 22.5 Å². The van der Waals surface area contributed by atoms with Crippen molar-refractivity contribution in [1.82, 2.24) is 5.32 Å². The van der Waals surface area contributed by atoms with Crippen LogP contribution in [-0.2, 0) is 14.9 Å². The Hall–Kier alpha value is -2.50. The first-order chi connectivity index (χ1) is 17.0. The number of carboxylic acids is 1. The number of hydrogen-bond acceptors (Lipinski definition) is 4. The maximum atomic E-state index is 15.5. The minimum Gasteiger partial charge on any atom is -0.480 e. The molecule has 190 valence electrons. The number of halogens is 4. The van der Waals surface area contributed by atoms with Crippen molar-refractivity contribution in [2.75, 3.05) is 6.61 Å². The fourth-order valence-electron chi connectivity index (χ4n) is 5.66. The van der Waals surface area contributed by atoms with Crippen LogP contribution in [0.2, 0.25) is 10.0 Å². The Morgan fingerprint density at radius 2 is 2.03 bits per heavy atom. The standard InChI is InChI=1S/C27H26Cl2F2N2O3/c1-26(2,21-8-3-4-11-36-21)13-20-27(14-32,17-10-9-15(28)12-19(17)30)22(24(33-20)25(34)35)16-6-5-7-18(29)23(16)31/h3-7,9-10,12,20-22,24,33H,8,11,13H2,1-2H3,(H,34,35). The lowest BCUT2D eigenvalue weighted by molar-refractivity contribution is -0.139. The predicted molar refractivity (Wildman–Crippen MR) is 133 cm³/mol. The van der Waals surface area contributed by atoms with Gasteiger partial charge in [-0.3, -0.25) is 10.1 Å². The van der Waals surface area contributed by atoms with Gasteiger partial charge in [0.05, 0.1) is 23.8 Å². The summed E-state index contributed by atoms with van der Waals surface area (Å²) in [4.78, 5) is 12.5. The topological polar surface area (TPSA) is 82.4 Å². The molecule has 4 rings (SSSR count). The Labute approximate surface area is 218 Å². The van der Waals surface area contributed by atoms with Crippen LogP contribution in [0, 0.1) is 28.4 Å². The largest absolute Gasteiger partial charge is 0.480 e. The molecule has 0 aliphatic carbocycles. The van der Waals surface area contributed by atoms with Crippen LogP contribution in [0.25, 0.3) is 0 Å². The summed E-state index contributed by atoms with van der Waals surface area (Å²) in [6.45, 7) is 4.36. The molecule has 0 spiro atoms. The molecule has 0 saturated carbocycles. The highest BCUT2D eigenvalue weighted by Gasteiger charge is 2.62. The second-order valence-corrected chi connectivity index (χ2v) is 10.8. The van der Waals surface area contributed by atoms with E-state index < -0.39 is 46.4 Å². The minimum absolute atomic E-state index is 0.0553. The number of benzene rings is 2. The molecule has 5 atom stereocenters. The highest BCUT2D eigenvalue weighted by atomic mass is 35.5. The van der Waals surface area contributed by atoms with Gasteiger partial charge in [-0.2, -0.15) is 5.26 Å². The summed E-state index contributed by atoms with van der Waals surface area (Å²) in [6.07, 6.45) is 4.62. The highest BCUT2D eigenvalue weighted by molar-refractivity contribution is 6.31. The van der Waals surface area contributed by atoms with Gasteiger partial charge < -0.3 is 9.84 Å². The van der Waals surface area contributed by atoms with Crippen LogP contribution in [0.4, 0.5) is 8.78 Å². The Kier molecular flexibility index (Phi) is 7.45. The van der Waals surface area contributed by atoms with Crippen molar-refractivity contribution in [3.63, 3.8) is 0 Å². The summed E-state index contributed by atoms with van der Waals surface area (Å²) in [5.41, 5.74) is -2.47. The van der Waals surface area contributed by atoms with E-state index in [2.05, 4.69) is 11.4 Å². The number of rotatable bonds is 6. The molecule has 2 aliphatic heterocycles. The van der Waals surface area contributed by atoms with Gasteiger partial charge in [-0.15, -0.1) is 0 Å². The monoisotopic (exact) mass is 534 g/mol. The molecule has 0 amide bonds. The third-order valence-electron chi connectivity index (χ3n) is 7.41. The Bertz CT molecular complexity index is 1250. The molecule has 2 N–H and O–H groups in total. The summed E-state index contributed by atoms with van der Waals surface area (Å²) in [6, 6.07) is 8.09. The first-order valence-corrected chi connectivity index (χ1v) is 12.3. The third-order valence-corrected chi connectivity index (χ3v) is 7.94. The summed E-state index contributed by atoms with van der Waals surface area (Å²) in [5, 5.41) is 23.9. The minimum atomic E-state index is -1.80. The molecule has 5 nitrogen and oxygen atoms in total. The lowest BCUT2D eigenvalue weighted by Crippen LogP contribution is -2.48. The highest BCUT2D eigenvalue weighted by Crippen LogP contribution is 2.53. The molecule has 2 aliphatic rings. The smallest absolute Gasteiger partial charge is 0.321 e. The first-order valence-electron chi connectivity index (χ1n) is 11.6. The van der Waals surface area contributed by atoms with E-state index >= 15 is 8.78 Å². The Balaban J connectivity index is 1.94. The third kappa shape index (κ3) is 4.52. The summed E-state index contributed by atoms with van der Waals surface area (Å²) in [7, 11) is 0. The van der Waals surface area contributed by atoms with Crippen molar-refractivity contribution in [2.45, 2.75) is 56.2 Å². The van der Waals surface area contributed by atoms with E-state index in [1.807, 2.05) is 26.0 Å². The van der Waals surface area contributed by atoms with Gasteiger partial charge in [-0.05, 0) is 42.0 Å². The summed E-state index contributed by atoms with van der Waals surface area (Å²) < 4.78 is 36.9. The fourth-order valence-corrected chi connectivity index (χ4v) is 6.00. The van der Waals surface area contributed by atoms with Crippen molar-refractivity contribution in [2.24, 2.45) is 5.41 Å². The number of nitrogens with one attached hydrogen (secondary N) is 1. The van der Waals surface area contributed by atoms with Gasteiger partial charge in [0.2, 0.25) is 0 Å². The average Bonchev–Trinajstić information content (AvgIpc) is 3.15. The van der Waals surface area contributed by atoms with Gasteiger partial charge in [-0.25, -0.2) is 8.78 Å². The number of nitrogens with zero attached hydrogens (tertiary/aromatic N) is 1. The quantitative estimate of drug-likeness (QED) is 0.444. The number of aliphatic carboxylic acids is 1. The predicted octanol–water partition coefficient (Wildman–Crippen LogP) is 6.00. The van der Waals surface area contributed by atoms with Crippen molar-refractivity contribution < 1.29 is 23.4 Å². The van der Waals surface area contributed by atoms with Crippen LogP contribution < -0.4 is 5.32 Å². The van der Waals surface area contributed by atoms with Crippen molar-refractivity contribution in [1.29, 1.82) is 5.26 Å². The van der Waals surface area contributed by atoms with Gasteiger partial charge in [0.25, 0.3) is 0 Å². The van der Waals surface area contributed by atoms with E-state index in [0.717, 1.165) is 6.07 Å². The zero-order chi connectivity index (χ0) is 26.3. The lowest BCUT2D eigenvalue weighted by atomic mass is 9.62. The van der Waals surface area contributed by atoms with E-state index in [4.69, 9.17) is 27.9 Å². The average molecular weight is 535 g/mol. The first kappa shape index (κ1) is 26.6. The number of carboxylic acid groups (broad SMARTS) is 1. The number of hydrogen-bond donors (Lipinski definition) is 2. The molecule has 1 saturated heterocycles. The second-order valence-electron chi connectivity index (χ2n) is 9.98. The molecule has 2 heterocycles. The van der Waals surface area contributed by atoms with E-state index in [1.54, 1.807) is 0 Å². The Morgan fingerprint density at radius 1 is 1.28 bits per heavy atom. The molecule has 36 heavy (non-hydrogen) atoms. The summed E-state index contributed by atoms with van der Waals surface area (Å²) >= 11 is 12.1. The molecule has 2 aromatic carbocycles. The number of nitriles is 1. The van der Waals surface area contributed by atoms with Crippen LogP contribution in [0.3, 0.4) is 0 Å². The van der Waals surface area contributed by atoms with E-state index in [-0.39, 0.29) is 33.7 Å². The van der Waals surface area contributed by atoms with Gasteiger partial charge >= 0.3 is 5.97 Å². The van der Waals surface area contributed by atoms with Crippen LogP contribution in [0.5, 0.6) is 0 Å². The summed E-state index contributed by atoms with van der Waals surface area (Å²) in [5.74, 6) is -4.19. The SMILES string of the molecule is CC(C)(CC1NC(C(=O)O)C(c2cccc(Cl)c2F)C1(C#N)c1ccc(Cl)cc1F)C1CC=CCO1. The maximum absolute atomic E-state index is 15.5. The van der Waals surface area contributed by atoms with E-state index in [9.17, 15) is 15.2 Å². The maximum Gasteiger partial charge on any atom is 0.321 e. The van der Waals surface area contributed by atoms with E-state index in [0.29, 0.717) is 13.0 Å². The van der Waals surface area contributed by atoms with Crippen molar-refractivity contribution >= 4 is 29.2 Å². The fraction of sp³-hybridized carbons (Fsp3) is 0.407. The van der Waals surface area contributed by atoms with Gasteiger partial charge in [-0.1, -0.05) is 67.4 Å². The van der Waals surface area contributed by atoms with E-state index in [1.165, 1.54) is 30.3 Å². The molecule has 5 unspecified atom stereocenters. The molecule has 0 bridgehead atoms. The van der Waals surface area contributed by atoms with Crippen molar-refractivity contribution in [3.8, 4) is 6.07 Å². The van der Waals surface area contributed by atoms with Crippen LogP contribution in [-0.4, -0.2) is 35.9 Å². The molecule has 9 heteroatoms. The molecular formula is C27H26Cl2F2N2O3.